The Kier molecular flexibility index (Phi) is 4.94. The first kappa shape index (κ1) is 11.5. The van der Waals surface area contributed by atoms with Crippen LogP contribution in [-0.2, 0) is 6.54 Å². The van der Waals surface area contributed by atoms with Gasteiger partial charge in [-0.3, -0.25) is 0 Å². The Hall–Kier alpha value is -0.570. The van der Waals surface area contributed by atoms with Gasteiger partial charge in [0.15, 0.2) is 0 Å². The number of benzene rings is 1. The summed E-state index contributed by atoms with van der Waals surface area (Å²) < 4.78 is 0. The maximum absolute atomic E-state index is 8.96. The standard InChI is InChI=1S/C11H16ClNO/c1-2-11(8-14)13-7-9-3-5-10(12)6-4-9/h3-6,11,13-14H,2,7-8H2,1H3/t11-/m1/s1. The molecule has 1 aromatic rings. The zero-order chi connectivity index (χ0) is 10.4. The first-order chi connectivity index (χ1) is 6.76. The van der Waals surface area contributed by atoms with Crippen molar-refractivity contribution in [3.8, 4) is 0 Å². The van der Waals surface area contributed by atoms with Gasteiger partial charge in [0, 0.05) is 17.6 Å². The van der Waals surface area contributed by atoms with Crippen LogP contribution >= 0.6 is 11.6 Å². The number of hydrogen-bond acceptors (Lipinski definition) is 2. The van der Waals surface area contributed by atoms with Gasteiger partial charge >= 0.3 is 0 Å². The molecule has 0 spiro atoms. The summed E-state index contributed by atoms with van der Waals surface area (Å²) in [6.45, 7) is 3.01. The van der Waals surface area contributed by atoms with Crippen molar-refractivity contribution in [3.05, 3.63) is 34.9 Å². The molecule has 0 amide bonds. The van der Waals surface area contributed by atoms with Crippen molar-refractivity contribution >= 4 is 11.6 Å². The Bertz CT molecular complexity index is 256. The monoisotopic (exact) mass is 213 g/mol. The van der Waals surface area contributed by atoms with E-state index in [4.69, 9.17) is 16.7 Å². The van der Waals surface area contributed by atoms with E-state index in [1.807, 2.05) is 24.3 Å². The van der Waals surface area contributed by atoms with Gasteiger partial charge in [-0.2, -0.15) is 0 Å². The topological polar surface area (TPSA) is 32.3 Å². The van der Waals surface area contributed by atoms with E-state index in [1.54, 1.807) is 0 Å². The van der Waals surface area contributed by atoms with Crippen LogP contribution in [-0.4, -0.2) is 17.8 Å². The molecule has 1 aromatic carbocycles. The van der Waals surface area contributed by atoms with Crippen LogP contribution in [0.2, 0.25) is 5.02 Å². The molecule has 0 bridgehead atoms. The van der Waals surface area contributed by atoms with Gasteiger partial charge in [0.2, 0.25) is 0 Å². The summed E-state index contributed by atoms with van der Waals surface area (Å²) in [6, 6.07) is 7.90. The molecule has 2 nitrogen and oxygen atoms in total. The largest absolute Gasteiger partial charge is 0.395 e. The predicted molar refractivity (Wildman–Crippen MR) is 59.5 cm³/mol. The Morgan fingerprint density at radius 1 is 1.36 bits per heavy atom. The highest BCUT2D eigenvalue weighted by Crippen LogP contribution is 2.09. The fourth-order valence-electron chi connectivity index (χ4n) is 1.20. The maximum atomic E-state index is 8.96. The van der Waals surface area contributed by atoms with Crippen LogP contribution in [0, 0.1) is 0 Å². The molecule has 0 aliphatic heterocycles. The van der Waals surface area contributed by atoms with E-state index in [0.29, 0.717) is 0 Å². The fourth-order valence-corrected chi connectivity index (χ4v) is 1.33. The number of aliphatic hydroxyl groups is 1. The van der Waals surface area contributed by atoms with Gasteiger partial charge in [0.05, 0.1) is 6.61 Å². The third kappa shape index (κ3) is 3.66. The molecule has 1 atom stereocenters. The zero-order valence-corrected chi connectivity index (χ0v) is 9.09. The molecule has 0 saturated carbocycles. The molecule has 78 valence electrons. The number of hydrogen-bond donors (Lipinski definition) is 2. The molecule has 0 heterocycles. The second-order valence-electron chi connectivity index (χ2n) is 3.30. The molecule has 0 aliphatic carbocycles. The lowest BCUT2D eigenvalue weighted by Crippen LogP contribution is -2.31. The normalized spacial score (nSPS) is 12.8. The third-order valence-corrected chi connectivity index (χ3v) is 2.47. The van der Waals surface area contributed by atoms with Crippen LogP contribution in [0.4, 0.5) is 0 Å². The predicted octanol–water partition coefficient (Wildman–Crippen LogP) is 2.20. The summed E-state index contributed by atoms with van der Waals surface area (Å²) in [5.41, 5.74) is 1.18. The molecular formula is C11H16ClNO. The van der Waals surface area contributed by atoms with E-state index in [1.165, 1.54) is 5.56 Å². The van der Waals surface area contributed by atoms with E-state index in [2.05, 4.69) is 12.2 Å². The molecule has 3 heteroatoms. The van der Waals surface area contributed by atoms with E-state index in [-0.39, 0.29) is 12.6 Å². The average Bonchev–Trinajstić information content (AvgIpc) is 2.22. The smallest absolute Gasteiger partial charge is 0.0584 e. The fraction of sp³-hybridized carbons (Fsp3) is 0.455. The van der Waals surface area contributed by atoms with Crippen molar-refractivity contribution in [2.45, 2.75) is 25.9 Å². The van der Waals surface area contributed by atoms with Gasteiger partial charge in [0.1, 0.15) is 0 Å². The molecular weight excluding hydrogens is 198 g/mol. The Morgan fingerprint density at radius 2 is 2.00 bits per heavy atom. The van der Waals surface area contributed by atoms with Crippen LogP contribution in [0.5, 0.6) is 0 Å². The lowest BCUT2D eigenvalue weighted by atomic mass is 10.2. The quantitative estimate of drug-likeness (QED) is 0.786. The zero-order valence-electron chi connectivity index (χ0n) is 8.33. The van der Waals surface area contributed by atoms with E-state index < -0.39 is 0 Å². The molecule has 1 rings (SSSR count). The van der Waals surface area contributed by atoms with E-state index >= 15 is 0 Å². The minimum atomic E-state index is 0.185. The van der Waals surface area contributed by atoms with Crippen molar-refractivity contribution in [2.75, 3.05) is 6.61 Å². The SMILES string of the molecule is CC[C@H](CO)NCc1ccc(Cl)cc1. The maximum Gasteiger partial charge on any atom is 0.0584 e. The summed E-state index contributed by atoms with van der Waals surface area (Å²) in [7, 11) is 0. The van der Waals surface area contributed by atoms with Crippen LogP contribution in [0.1, 0.15) is 18.9 Å². The van der Waals surface area contributed by atoms with Gasteiger partial charge < -0.3 is 10.4 Å². The average molecular weight is 214 g/mol. The van der Waals surface area contributed by atoms with Gasteiger partial charge in [0.25, 0.3) is 0 Å². The first-order valence-electron chi connectivity index (χ1n) is 4.85. The molecule has 0 radical (unpaired) electrons. The molecule has 14 heavy (non-hydrogen) atoms. The summed E-state index contributed by atoms with van der Waals surface area (Å²) in [5, 5.41) is 13.0. The van der Waals surface area contributed by atoms with Gasteiger partial charge in [-0.05, 0) is 24.1 Å². The Labute approximate surface area is 89.9 Å². The third-order valence-electron chi connectivity index (χ3n) is 2.22. The lowest BCUT2D eigenvalue weighted by molar-refractivity contribution is 0.238. The van der Waals surface area contributed by atoms with Crippen molar-refractivity contribution in [2.24, 2.45) is 0 Å². The highest BCUT2D eigenvalue weighted by molar-refractivity contribution is 6.30. The first-order valence-corrected chi connectivity index (χ1v) is 5.22. The molecule has 0 aliphatic rings. The number of rotatable bonds is 5. The number of nitrogens with one attached hydrogen (secondary N) is 1. The summed E-state index contributed by atoms with van der Waals surface area (Å²) in [5.74, 6) is 0. The second-order valence-corrected chi connectivity index (χ2v) is 3.73. The summed E-state index contributed by atoms with van der Waals surface area (Å²) in [4.78, 5) is 0. The molecule has 0 aromatic heterocycles. The molecule has 0 fully saturated rings. The minimum absolute atomic E-state index is 0.185. The highest BCUT2D eigenvalue weighted by Gasteiger charge is 2.02. The van der Waals surface area contributed by atoms with Crippen LogP contribution in [0.25, 0.3) is 0 Å². The van der Waals surface area contributed by atoms with E-state index in [0.717, 1.165) is 18.0 Å². The van der Waals surface area contributed by atoms with Gasteiger partial charge in [-0.1, -0.05) is 30.7 Å². The van der Waals surface area contributed by atoms with Gasteiger partial charge in [-0.15, -0.1) is 0 Å². The van der Waals surface area contributed by atoms with Crippen molar-refractivity contribution in [3.63, 3.8) is 0 Å². The molecule has 0 saturated heterocycles. The number of aliphatic hydroxyl groups excluding tert-OH is 1. The van der Waals surface area contributed by atoms with Gasteiger partial charge in [-0.25, -0.2) is 0 Å². The Morgan fingerprint density at radius 3 is 2.50 bits per heavy atom. The van der Waals surface area contributed by atoms with Crippen LogP contribution < -0.4 is 5.32 Å². The van der Waals surface area contributed by atoms with Crippen LogP contribution in [0.15, 0.2) is 24.3 Å². The van der Waals surface area contributed by atoms with Crippen molar-refractivity contribution in [1.82, 2.24) is 5.32 Å². The lowest BCUT2D eigenvalue weighted by Gasteiger charge is -2.13. The molecule has 0 unspecified atom stereocenters. The summed E-state index contributed by atoms with van der Waals surface area (Å²) >= 11 is 5.77. The summed E-state index contributed by atoms with van der Waals surface area (Å²) in [6.07, 6.45) is 0.935. The van der Waals surface area contributed by atoms with Crippen molar-refractivity contribution in [1.29, 1.82) is 0 Å². The van der Waals surface area contributed by atoms with E-state index in [9.17, 15) is 0 Å². The highest BCUT2D eigenvalue weighted by atomic mass is 35.5. The van der Waals surface area contributed by atoms with Crippen molar-refractivity contribution < 1.29 is 5.11 Å². The number of halogens is 1. The second kappa shape index (κ2) is 6.02. The molecule has 2 N–H and O–H groups in total. The minimum Gasteiger partial charge on any atom is -0.395 e. The van der Waals surface area contributed by atoms with Crippen LogP contribution in [0.3, 0.4) is 0 Å². The Balaban J connectivity index is 2.41.